The van der Waals surface area contributed by atoms with E-state index in [2.05, 4.69) is 89.6 Å². The number of hydrogen-bond acceptors (Lipinski definition) is 2. The third kappa shape index (κ3) is 4.09. The van der Waals surface area contributed by atoms with Crippen molar-refractivity contribution in [3.8, 4) is 0 Å². The molecule has 2 nitrogen and oxygen atoms in total. The zero-order chi connectivity index (χ0) is 14.5. The van der Waals surface area contributed by atoms with Gasteiger partial charge in [-0.3, -0.25) is 0 Å². The third-order valence-corrected chi connectivity index (χ3v) is 4.20. The van der Waals surface area contributed by atoms with Crippen molar-refractivity contribution in [2.75, 3.05) is 19.0 Å². The SMILES string of the molecule is Cc1ccc(CNCc2ccc(N(C)C)cc2)cc1Br. The summed E-state index contributed by atoms with van der Waals surface area (Å²) in [6.45, 7) is 3.88. The molecule has 0 radical (unpaired) electrons. The third-order valence-electron chi connectivity index (χ3n) is 3.35. The normalized spacial score (nSPS) is 10.6. The Labute approximate surface area is 129 Å². The minimum atomic E-state index is 0.883. The van der Waals surface area contributed by atoms with Crippen LogP contribution in [0.2, 0.25) is 0 Å². The summed E-state index contributed by atoms with van der Waals surface area (Å²) in [5.74, 6) is 0. The molecule has 0 aliphatic heterocycles. The molecule has 3 heteroatoms. The summed E-state index contributed by atoms with van der Waals surface area (Å²) in [5.41, 5.74) is 5.11. The molecule has 0 saturated carbocycles. The van der Waals surface area contributed by atoms with Gasteiger partial charge in [0.2, 0.25) is 0 Å². The second-order valence-corrected chi connectivity index (χ2v) is 6.10. The first kappa shape index (κ1) is 15.1. The van der Waals surface area contributed by atoms with E-state index in [9.17, 15) is 0 Å². The number of aryl methyl sites for hydroxylation is 1. The molecule has 0 fully saturated rings. The maximum absolute atomic E-state index is 3.57. The number of nitrogens with zero attached hydrogens (tertiary/aromatic N) is 1. The Hall–Kier alpha value is -1.32. The van der Waals surface area contributed by atoms with E-state index in [1.165, 1.54) is 26.9 Å². The molecule has 2 aromatic rings. The smallest absolute Gasteiger partial charge is 0.0361 e. The molecular weight excluding hydrogens is 312 g/mol. The van der Waals surface area contributed by atoms with Gasteiger partial charge in [0.05, 0.1) is 0 Å². The predicted molar refractivity (Wildman–Crippen MR) is 90.2 cm³/mol. The van der Waals surface area contributed by atoms with Crippen LogP contribution in [0.25, 0.3) is 0 Å². The number of rotatable bonds is 5. The van der Waals surface area contributed by atoms with Crippen molar-refractivity contribution in [2.45, 2.75) is 20.0 Å². The Kier molecular flexibility index (Phi) is 5.21. The maximum atomic E-state index is 3.57. The number of anilines is 1. The summed E-state index contributed by atoms with van der Waals surface area (Å²) in [6, 6.07) is 15.1. The highest BCUT2D eigenvalue weighted by Gasteiger charge is 1.99. The molecule has 0 saturated heterocycles. The maximum Gasteiger partial charge on any atom is 0.0361 e. The minimum absolute atomic E-state index is 0.883. The van der Waals surface area contributed by atoms with Crippen molar-refractivity contribution >= 4 is 21.6 Å². The highest BCUT2D eigenvalue weighted by Crippen LogP contribution is 2.17. The van der Waals surface area contributed by atoms with E-state index < -0.39 is 0 Å². The van der Waals surface area contributed by atoms with Gasteiger partial charge in [-0.1, -0.05) is 40.2 Å². The van der Waals surface area contributed by atoms with Gasteiger partial charge >= 0.3 is 0 Å². The summed E-state index contributed by atoms with van der Waals surface area (Å²) in [6.07, 6.45) is 0. The standard InChI is InChI=1S/C17H21BrN2/c1-13-4-5-15(10-17(13)18)12-19-11-14-6-8-16(9-7-14)20(2)3/h4-10,19H,11-12H2,1-3H3. The van der Waals surface area contributed by atoms with Crippen molar-refractivity contribution in [3.63, 3.8) is 0 Å². The lowest BCUT2D eigenvalue weighted by Gasteiger charge is -2.13. The van der Waals surface area contributed by atoms with Crippen LogP contribution in [-0.4, -0.2) is 14.1 Å². The molecule has 0 unspecified atom stereocenters. The molecule has 106 valence electrons. The summed E-state index contributed by atoms with van der Waals surface area (Å²) in [4.78, 5) is 2.11. The highest BCUT2D eigenvalue weighted by molar-refractivity contribution is 9.10. The van der Waals surface area contributed by atoms with Gasteiger partial charge in [0.25, 0.3) is 0 Å². The molecule has 0 aliphatic carbocycles. The van der Waals surface area contributed by atoms with Gasteiger partial charge in [0, 0.05) is 37.3 Å². The lowest BCUT2D eigenvalue weighted by molar-refractivity contribution is 0.693. The van der Waals surface area contributed by atoms with Crippen LogP contribution in [0, 0.1) is 6.92 Å². The molecule has 20 heavy (non-hydrogen) atoms. The first-order chi connectivity index (χ1) is 9.56. The van der Waals surface area contributed by atoms with Crippen LogP contribution in [0.5, 0.6) is 0 Å². The number of halogens is 1. The van der Waals surface area contributed by atoms with Crippen LogP contribution in [0.3, 0.4) is 0 Å². The van der Waals surface area contributed by atoms with Gasteiger partial charge in [-0.05, 0) is 41.8 Å². The summed E-state index contributed by atoms with van der Waals surface area (Å²) >= 11 is 3.57. The Morgan fingerprint density at radius 1 is 0.950 bits per heavy atom. The molecule has 0 aliphatic rings. The van der Waals surface area contributed by atoms with E-state index in [1.54, 1.807) is 0 Å². The number of nitrogens with one attached hydrogen (secondary N) is 1. The van der Waals surface area contributed by atoms with Crippen LogP contribution in [0.15, 0.2) is 46.9 Å². The van der Waals surface area contributed by atoms with Crippen LogP contribution in [-0.2, 0) is 13.1 Å². The fourth-order valence-electron chi connectivity index (χ4n) is 2.01. The fraction of sp³-hybridized carbons (Fsp3) is 0.294. The van der Waals surface area contributed by atoms with Gasteiger partial charge in [-0.2, -0.15) is 0 Å². The van der Waals surface area contributed by atoms with Gasteiger partial charge < -0.3 is 10.2 Å². The van der Waals surface area contributed by atoms with Gasteiger partial charge in [-0.25, -0.2) is 0 Å². The van der Waals surface area contributed by atoms with Gasteiger partial charge in [-0.15, -0.1) is 0 Å². The van der Waals surface area contributed by atoms with Crippen molar-refractivity contribution in [2.24, 2.45) is 0 Å². The zero-order valence-electron chi connectivity index (χ0n) is 12.3. The predicted octanol–water partition coefficient (Wildman–Crippen LogP) is 4.11. The summed E-state index contributed by atoms with van der Waals surface area (Å²) < 4.78 is 1.17. The van der Waals surface area contributed by atoms with Crippen LogP contribution >= 0.6 is 15.9 Å². The molecule has 0 bridgehead atoms. The first-order valence-electron chi connectivity index (χ1n) is 6.78. The largest absolute Gasteiger partial charge is 0.378 e. The van der Waals surface area contributed by atoms with Crippen LogP contribution in [0.1, 0.15) is 16.7 Å². The Morgan fingerprint density at radius 3 is 2.15 bits per heavy atom. The molecule has 2 aromatic carbocycles. The van der Waals surface area contributed by atoms with E-state index in [0.717, 1.165) is 13.1 Å². The number of benzene rings is 2. The fourth-order valence-corrected chi connectivity index (χ4v) is 2.44. The van der Waals surface area contributed by atoms with E-state index in [0.29, 0.717) is 0 Å². The van der Waals surface area contributed by atoms with E-state index in [-0.39, 0.29) is 0 Å². The summed E-state index contributed by atoms with van der Waals surface area (Å²) in [7, 11) is 4.12. The lowest BCUT2D eigenvalue weighted by Crippen LogP contribution is -2.13. The second-order valence-electron chi connectivity index (χ2n) is 5.25. The van der Waals surface area contributed by atoms with E-state index >= 15 is 0 Å². The molecule has 0 spiro atoms. The molecule has 2 rings (SSSR count). The van der Waals surface area contributed by atoms with Gasteiger partial charge in [0.15, 0.2) is 0 Å². The molecule has 0 atom stereocenters. The van der Waals surface area contributed by atoms with Crippen molar-refractivity contribution in [3.05, 3.63) is 63.6 Å². The zero-order valence-corrected chi connectivity index (χ0v) is 13.9. The molecule has 1 N–H and O–H groups in total. The lowest BCUT2D eigenvalue weighted by atomic mass is 10.1. The second kappa shape index (κ2) is 6.91. The average molecular weight is 333 g/mol. The quantitative estimate of drug-likeness (QED) is 0.886. The topological polar surface area (TPSA) is 15.3 Å². The minimum Gasteiger partial charge on any atom is -0.378 e. The van der Waals surface area contributed by atoms with E-state index in [4.69, 9.17) is 0 Å². The monoisotopic (exact) mass is 332 g/mol. The number of hydrogen-bond donors (Lipinski definition) is 1. The van der Waals surface area contributed by atoms with Crippen LogP contribution in [0.4, 0.5) is 5.69 Å². The molecule has 0 amide bonds. The van der Waals surface area contributed by atoms with E-state index in [1.807, 2.05) is 0 Å². The Morgan fingerprint density at radius 2 is 1.55 bits per heavy atom. The van der Waals surface area contributed by atoms with Gasteiger partial charge in [0.1, 0.15) is 0 Å². The average Bonchev–Trinajstić information content (AvgIpc) is 2.43. The Balaban J connectivity index is 1.87. The summed E-state index contributed by atoms with van der Waals surface area (Å²) in [5, 5.41) is 3.48. The Bertz CT molecular complexity index is 562. The van der Waals surface area contributed by atoms with Crippen molar-refractivity contribution in [1.82, 2.24) is 5.32 Å². The van der Waals surface area contributed by atoms with Crippen molar-refractivity contribution < 1.29 is 0 Å². The van der Waals surface area contributed by atoms with Crippen LogP contribution < -0.4 is 10.2 Å². The molecular formula is C17H21BrN2. The van der Waals surface area contributed by atoms with Crippen molar-refractivity contribution in [1.29, 1.82) is 0 Å². The highest BCUT2D eigenvalue weighted by atomic mass is 79.9. The first-order valence-corrected chi connectivity index (χ1v) is 7.57. The molecule has 0 aromatic heterocycles. The molecule has 0 heterocycles.